The van der Waals surface area contributed by atoms with Gasteiger partial charge in [0.1, 0.15) is 19.2 Å². The second kappa shape index (κ2) is 12.7. The van der Waals surface area contributed by atoms with Gasteiger partial charge in [-0.25, -0.2) is 9.48 Å². The fourth-order valence-electron chi connectivity index (χ4n) is 2.87. The van der Waals surface area contributed by atoms with E-state index in [2.05, 4.69) is 20.8 Å². The molecule has 2 amide bonds. The number of nitrogens with one attached hydrogen (secondary N) is 2. The Morgan fingerprint density at radius 3 is 2.37 bits per heavy atom. The van der Waals surface area contributed by atoms with E-state index in [-0.39, 0.29) is 17.5 Å². The van der Waals surface area contributed by atoms with Gasteiger partial charge in [-0.3, -0.25) is 14.4 Å². The van der Waals surface area contributed by atoms with Crippen LogP contribution in [-0.4, -0.2) is 61.3 Å². The Hall–Kier alpha value is -4.47. The molecule has 0 fully saturated rings. The van der Waals surface area contributed by atoms with Gasteiger partial charge in [-0.1, -0.05) is 30.3 Å². The topological polar surface area (TPSA) is 165 Å². The van der Waals surface area contributed by atoms with E-state index in [4.69, 9.17) is 9.84 Å². The second-order valence-electron chi connectivity index (χ2n) is 7.52. The molecule has 3 aromatic rings. The molecule has 2 aromatic carbocycles. The van der Waals surface area contributed by atoms with Crippen LogP contribution in [0.1, 0.15) is 12.0 Å². The standard InChI is InChI=1S/C22H19F3N6O6S/c23-22(24,25)19(35)26-14-6-8-15(9-7-14)38-20-28-29-30-31(20)11-17(32)16(10-18(33)34)27-21(36)37-12-13-4-2-1-3-5-13/h1-9,16H,10-12H2,(H,26,35)(H,27,36)(H,33,34). The first-order valence-corrected chi connectivity index (χ1v) is 11.5. The van der Waals surface area contributed by atoms with Crippen molar-refractivity contribution in [1.82, 2.24) is 25.5 Å². The van der Waals surface area contributed by atoms with Crippen molar-refractivity contribution in [1.29, 1.82) is 0 Å². The van der Waals surface area contributed by atoms with Gasteiger partial charge in [-0.05, 0) is 52.0 Å². The number of ketones is 1. The fourth-order valence-corrected chi connectivity index (χ4v) is 3.63. The van der Waals surface area contributed by atoms with Crippen molar-refractivity contribution >= 4 is 41.2 Å². The Balaban J connectivity index is 1.61. The maximum Gasteiger partial charge on any atom is 0.471 e. The van der Waals surface area contributed by atoms with Crippen molar-refractivity contribution in [3.63, 3.8) is 0 Å². The van der Waals surface area contributed by atoms with Crippen molar-refractivity contribution in [3.8, 4) is 0 Å². The molecule has 0 aliphatic carbocycles. The Bertz CT molecular complexity index is 1290. The van der Waals surface area contributed by atoms with Crippen LogP contribution in [0.3, 0.4) is 0 Å². The second-order valence-corrected chi connectivity index (χ2v) is 8.56. The number of alkyl halides is 3. The number of ether oxygens (including phenoxy) is 1. The van der Waals surface area contributed by atoms with Crippen molar-refractivity contribution in [2.24, 2.45) is 0 Å². The number of anilines is 1. The maximum atomic E-state index is 12.8. The zero-order valence-electron chi connectivity index (χ0n) is 19.2. The number of alkyl carbamates (subject to hydrolysis) is 1. The summed E-state index contributed by atoms with van der Waals surface area (Å²) in [6.07, 6.45) is -6.74. The summed E-state index contributed by atoms with van der Waals surface area (Å²) in [7, 11) is 0. The fraction of sp³-hybridized carbons (Fsp3) is 0.227. The quantitative estimate of drug-likeness (QED) is 0.322. The lowest BCUT2D eigenvalue weighted by atomic mass is 10.1. The van der Waals surface area contributed by atoms with Crippen LogP contribution < -0.4 is 10.6 Å². The zero-order valence-corrected chi connectivity index (χ0v) is 20.0. The molecule has 0 aliphatic heterocycles. The number of carboxylic acids is 1. The van der Waals surface area contributed by atoms with Gasteiger partial charge in [0.25, 0.3) is 0 Å². The summed E-state index contributed by atoms with van der Waals surface area (Å²) in [5, 5.41) is 24.2. The lowest BCUT2D eigenvalue weighted by Crippen LogP contribution is -2.44. The first kappa shape index (κ1) is 28.1. The molecule has 1 unspecified atom stereocenters. The molecule has 1 aromatic heterocycles. The highest BCUT2D eigenvalue weighted by Gasteiger charge is 2.38. The van der Waals surface area contributed by atoms with Gasteiger partial charge in [0, 0.05) is 10.6 Å². The van der Waals surface area contributed by atoms with Crippen LogP contribution in [0.5, 0.6) is 0 Å². The molecule has 0 radical (unpaired) electrons. The molecular formula is C22H19F3N6O6S. The number of hydrogen-bond donors (Lipinski definition) is 3. The van der Waals surface area contributed by atoms with Gasteiger partial charge in [0.15, 0.2) is 5.78 Å². The summed E-state index contributed by atoms with van der Waals surface area (Å²) in [5.41, 5.74) is 0.600. The highest BCUT2D eigenvalue weighted by atomic mass is 32.2. The molecule has 38 heavy (non-hydrogen) atoms. The minimum atomic E-state index is -5.03. The summed E-state index contributed by atoms with van der Waals surface area (Å²) >= 11 is 0.953. The third-order valence-electron chi connectivity index (χ3n) is 4.66. The Kier molecular flexibility index (Phi) is 9.37. The van der Waals surface area contributed by atoms with Crippen molar-refractivity contribution in [2.75, 3.05) is 5.32 Å². The molecule has 1 atom stereocenters. The lowest BCUT2D eigenvalue weighted by molar-refractivity contribution is -0.167. The Morgan fingerprint density at radius 1 is 1.05 bits per heavy atom. The van der Waals surface area contributed by atoms with Crippen LogP contribution in [0.4, 0.5) is 23.7 Å². The number of carbonyl (C=O) groups excluding carboxylic acids is 3. The highest BCUT2D eigenvalue weighted by molar-refractivity contribution is 7.99. The number of carboxylic acid groups (broad SMARTS) is 1. The first-order chi connectivity index (χ1) is 18.0. The average molecular weight is 552 g/mol. The van der Waals surface area contributed by atoms with E-state index >= 15 is 0 Å². The van der Waals surface area contributed by atoms with E-state index in [1.54, 1.807) is 35.6 Å². The summed E-state index contributed by atoms with van der Waals surface area (Å²) < 4.78 is 43.3. The number of hydrogen-bond acceptors (Lipinski definition) is 9. The van der Waals surface area contributed by atoms with Crippen molar-refractivity contribution < 1.29 is 42.2 Å². The molecule has 12 nitrogen and oxygen atoms in total. The summed E-state index contributed by atoms with van der Waals surface area (Å²) in [6.45, 7) is -0.584. The minimum Gasteiger partial charge on any atom is -0.481 e. The largest absolute Gasteiger partial charge is 0.481 e. The zero-order chi connectivity index (χ0) is 27.7. The lowest BCUT2D eigenvalue weighted by Gasteiger charge is -2.16. The molecular weight excluding hydrogens is 533 g/mol. The summed E-state index contributed by atoms with van der Waals surface area (Å²) in [5.74, 6) is -4.17. The van der Waals surface area contributed by atoms with E-state index in [0.717, 1.165) is 16.4 Å². The third-order valence-corrected chi connectivity index (χ3v) is 5.64. The number of aliphatic carboxylic acids is 1. The number of Topliss-reactive ketones (excluding diaryl/α,β-unsaturated/α-hetero) is 1. The molecule has 3 N–H and O–H groups in total. The van der Waals surface area contributed by atoms with E-state index in [9.17, 15) is 32.3 Å². The molecule has 0 saturated heterocycles. The molecule has 1 heterocycles. The Labute approximate surface area is 216 Å². The number of amides is 2. The monoisotopic (exact) mass is 552 g/mol. The van der Waals surface area contributed by atoms with Gasteiger partial charge in [-0.15, -0.1) is 5.10 Å². The van der Waals surface area contributed by atoms with Gasteiger partial charge >= 0.3 is 24.1 Å². The van der Waals surface area contributed by atoms with Crippen LogP contribution in [0.15, 0.2) is 64.6 Å². The predicted octanol–water partition coefficient (Wildman–Crippen LogP) is 2.66. The molecule has 200 valence electrons. The number of carbonyl (C=O) groups is 4. The number of halogens is 3. The minimum absolute atomic E-state index is 0.0896. The van der Waals surface area contributed by atoms with Gasteiger partial charge in [0.2, 0.25) is 5.16 Å². The molecule has 0 spiro atoms. The molecule has 0 aliphatic rings. The van der Waals surface area contributed by atoms with Crippen LogP contribution >= 0.6 is 11.8 Å². The van der Waals surface area contributed by atoms with Crippen LogP contribution in [0.2, 0.25) is 0 Å². The van der Waals surface area contributed by atoms with E-state index < -0.39 is 48.9 Å². The molecule has 0 saturated carbocycles. The average Bonchev–Trinajstić information content (AvgIpc) is 3.29. The number of tetrazole rings is 1. The van der Waals surface area contributed by atoms with Crippen LogP contribution in [0.25, 0.3) is 0 Å². The predicted molar refractivity (Wildman–Crippen MR) is 124 cm³/mol. The molecule has 0 bridgehead atoms. The van der Waals surface area contributed by atoms with Gasteiger partial charge < -0.3 is 20.5 Å². The molecule has 16 heteroatoms. The summed E-state index contributed by atoms with van der Waals surface area (Å²) in [4.78, 5) is 47.7. The van der Waals surface area contributed by atoms with Gasteiger partial charge in [0.05, 0.1) is 6.42 Å². The Morgan fingerprint density at radius 2 is 1.74 bits per heavy atom. The summed E-state index contributed by atoms with van der Waals surface area (Å²) in [6, 6.07) is 12.5. The van der Waals surface area contributed by atoms with Crippen LogP contribution in [-0.2, 0) is 32.3 Å². The SMILES string of the molecule is O=C(O)CC(NC(=O)OCc1ccccc1)C(=O)Cn1nnnc1Sc1ccc(NC(=O)C(F)(F)F)cc1. The maximum absolute atomic E-state index is 12.8. The number of aromatic nitrogens is 4. The smallest absolute Gasteiger partial charge is 0.471 e. The van der Waals surface area contributed by atoms with Crippen molar-refractivity contribution in [3.05, 3.63) is 60.2 Å². The van der Waals surface area contributed by atoms with E-state index in [1.165, 1.54) is 24.3 Å². The normalized spacial score (nSPS) is 11.9. The highest BCUT2D eigenvalue weighted by Crippen LogP contribution is 2.27. The molecule has 3 rings (SSSR count). The van der Waals surface area contributed by atoms with Crippen LogP contribution in [0, 0.1) is 0 Å². The third kappa shape index (κ3) is 8.58. The number of nitrogens with zero attached hydrogens (tertiary/aromatic N) is 4. The number of benzene rings is 2. The number of rotatable bonds is 11. The van der Waals surface area contributed by atoms with E-state index in [0.29, 0.717) is 10.5 Å². The van der Waals surface area contributed by atoms with Gasteiger partial charge in [-0.2, -0.15) is 13.2 Å². The van der Waals surface area contributed by atoms with E-state index in [1.807, 2.05) is 0 Å². The first-order valence-electron chi connectivity index (χ1n) is 10.6. The van der Waals surface area contributed by atoms with Crippen molar-refractivity contribution in [2.45, 2.75) is 41.8 Å².